The number of quaternary nitrogens is 1. The van der Waals surface area contributed by atoms with Crippen LogP contribution in [0.1, 0.15) is 23.2 Å². The highest BCUT2D eigenvalue weighted by Gasteiger charge is 2.38. The van der Waals surface area contributed by atoms with Gasteiger partial charge in [-0.15, -0.1) is 0 Å². The molecule has 1 aromatic carbocycles. The third kappa shape index (κ3) is 3.32. The molecule has 1 amide bonds. The molecule has 2 fully saturated rings. The van der Waals surface area contributed by atoms with Crippen molar-refractivity contribution >= 4 is 5.91 Å². The topological polar surface area (TPSA) is 43.2 Å². The van der Waals surface area contributed by atoms with Crippen molar-refractivity contribution in [3.05, 3.63) is 35.9 Å². The van der Waals surface area contributed by atoms with Crippen LogP contribution in [-0.2, 0) is 0 Å². The normalized spacial score (nSPS) is 27.8. The zero-order valence-corrected chi connectivity index (χ0v) is 15.7. The predicted octanol–water partition coefficient (Wildman–Crippen LogP) is 1.26. The summed E-state index contributed by atoms with van der Waals surface area (Å²) in [7, 11) is 3.20. The molecule has 0 unspecified atom stereocenters. The molecule has 5 heteroatoms. The highest BCUT2D eigenvalue weighted by molar-refractivity contribution is 5.95. The molecular weight excluding hydrogens is 328 g/mol. The van der Waals surface area contributed by atoms with Crippen LogP contribution in [0.5, 0.6) is 11.5 Å². The number of hydrogen-bond acceptors (Lipinski definition) is 3. The van der Waals surface area contributed by atoms with Crippen LogP contribution in [-0.4, -0.2) is 57.8 Å². The summed E-state index contributed by atoms with van der Waals surface area (Å²) in [5, 5.41) is 0. The van der Waals surface area contributed by atoms with Crippen LogP contribution < -0.4 is 14.4 Å². The second kappa shape index (κ2) is 7.31. The Morgan fingerprint density at radius 1 is 1.12 bits per heavy atom. The standard InChI is InChI=1S/C21H28N2O3/c1-25-19-6-5-17(13-20(19)26-2)21(24)23-9-7-22(8-10-23)14-18-12-15-3-4-16(18)11-15/h3-6,13,15-16,18H,7-12,14H2,1-2H3/p+1/t15-,16+,18-/m1/s1. The van der Waals surface area contributed by atoms with Gasteiger partial charge in [-0.2, -0.15) is 0 Å². The number of ether oxygens (including phenoxy) is 2. The van der Waals surface area contributed by atoms with E-state index >= 15 is 0 Å². The first-order valence-electron chi connectivity index (χ1n) is 9.71. The van der Waals surface area contributed by atoms with E-state index in [4.69, 9.17) is 9.47 Å². The summed E-state index contributed by atoms with van der Waals surface area (Å²) in [6.45, 7) is 5.04. The molecule has 140 valence electrons. The summed E-state index contributed by atoms with van der Waals surface area (Å²) in [6, 6.07) is 5.41. The number of carbonyl (C=O) groups is 1. The summed E-state index contributed by atoms with van der Waals surface area (Å²) in [5.41, 5.74) is 0.671. The quantitative estimate of drug-likeness (QED) is 0.807. The first-order chi connectivity index (χ1) is 12.7. The van der Waals surface area contributed by atoms with Crippen molar-refractivity contribution < 1.29 is 19.2 Å². The molecule has 0 radical (unpaired) electrons. The number of allylic oxidation sites excluding steroid dienone is 2. The summed E-state index contributed by atoms with van der Waals surface area (Å²) < 4.78 is 10.6. The summed E-state index contributed by atoms with van der Waals surface area (Å²) >= 11 is 0. The number of carbonyl (C=O) groups excluding carboxylic acids is 1. The third-order valence-corrected chi connectivity index (χ3v) is 6.36. The number of piperazine rings is 1. The number of hydrogen-bond donors (Lipinski definition) is 1. The lowest BCUT2D eigenvalue weighted by Crippen LogP contribution is -3.15. The van der Waals surface area contributed by atoms with Crippen LogP contribution in [0.2, 0.25) is 0 Å². The molecule has 2 aliphatic carbocycles. The van der Waals surface area contributed by atoms with Gasteiger partial charge < -0.3 is 19.3 Å². The Kier molecular flexibility index (Phi) is 4.90. The number of rotatable bonds is 5. The Hall–Kier alpha value is -2.01. The Bertz CT molecular complexity index is 694. The monoisotopic (exact) mass is 357 g/mol. The van der Waals surface area contributed by atoms with Gasteiger partial charge in [0.25, 0.3) is 5.91 Å². The fourth-order valence-electron chi connectivity index (χ4n) is 4.88. The zero-order chi connectivity index (χ0) is 18.1. The number of fused-ring (bicyclic) bond motifs is 2. The van der Waals surface area contributed by atoms with Crippen LogP contribution in [0.15, 0.2) is 30.4 Å². The SMILES string of the molecule is COc1ccc(C(=O)N2CC[NH+](C[C@H]3C[C@@H]4C=C[C@H]3C4)CC2)cc1OC. The Balaban J connectivity index is 1.33. The fourth-order valence-corrected chi connectivity index (χ4v) is 4.88. The molecule has 26 heavy (non-hydrogen) atoms. The molecule has 4 rings (SSSR count). The molecule has 1 saturated carbocycles. The molecule has 1 aliphatic heterocycles. The van der Waals surface area contributed by atoms with Gasteiger partial charge in [-0.1, -0.05) is 12.2 Å². The summed E-state index contributed by atoms with van der Waals surface area (Å²) in [6.07, 6.45) is 7.60. The minimum atomic E-state index is 0.0906. The fraction of sp³-hybridized carbons (Fsp3) is 0.571. The van der Waals surface area contributed by atoms with E-state index in [1.165, 1.54) is 19.4 Å². The maximum absolute atomic E-state index is 12.8. The summed E-state index contributed by atoms with van der Waals surface area (Å²) in [5.74, 6) is 3.86. The summed E-state index contributed by atoms with van der Waals surface area (Å²) in [4.78, 5) is 16.5. The van der Waals surface area contributed by atoms with Gasteiger partial charge in [-0.3, -0.25) is 4.79 Å². The molecular formula is C21H29N2O3+. The minimum Gasteiger partial charge on any atom is -0.493 e. The van der Waals surface area contributed by atoms with E-state index in [0.717, 1.165) is 43.9 Å². The molecule has 0 spiro atoms. The van der Waals surface area contributed by atoms with Crippen LogP contribution in [0.25, 0.3) is 0 Å². The highest BCUT2D eigenvalue weighted by atomic mass is 16.5. The van der Waals surface area contributed by atoms with Crippen LogP contribution in [0.3, 0.4) is 0 Å². The molecule has 3 atom stereocenters. The maximum atomic E-state index is 12.8. The van der Waals surface area contributed by atoms with Gasteiger partial charge in [-0.25, -0.2) is 0 Å². The highest BCUT2D eigenvalue weighted by Crippen LogP contribution is 2.42. The average Bonchev–Trinajstić information content (AvgIpc) is 3.30. The lowest BCUT2D eigenvalue weighted by molar-refractivity contribution is -0.907. The van der Waals surface area contributed by atoms with Crippen molar-refractivity contribution in [2.24, 2.45) is 17.8 Å². The maximum Gasteiger partial charge on any atom is 0.254 e. The number of amides is 1. The smallest absolute Gasteiger partial charge is 0.254 e. The van der Waals surface area contributed by atoms with Gasteiger partial charge in [0.1, 0.15) is 0 Å². The molecule has 1 aromatic rings. The minimum absolute atomic E-state index is 0.0906. The Morgan fingerprint density at radius 3 is 2.50 bits per heavy atom. The number of benzene rings is 1. The molecule has 5 nitrogen and oxygen atoms in total. The van der Waals surface area contributed by atoms with E-state index in [-0.39, 0.29) is 5.91 Å². The number of methoxy groups -OCH3 is 2. The second-order valence-corrected chi connectivity index (χ2v) is 7.86. The average molecular weight is 357 g/mol. The van der Waals surface area contributed by atoms with Gasteiger partial charge in [0.05, 0.1) is 46.9 Å². The Morgan fingerprint density at radius 2 is 1.88 bits per heavy atom. The molecule has 1 heterocycles. The van der Waals surface area contributed by atoms with Gasteiger partial charge in [-0.05, 0) is 42.9 Å². The van der Waals surface area contributed by atoms with E-state index in [1.807, 2.05) is 11.0 Å². The van der Waals surface area contributed by atoms with Gasteiger partial charge >= 0.3 is 0 Å². The van der Waals surface area contributed by atoms with E-state index in [9.17, 15) is 4.79 Å². The molecule has 1 N–H and O–H groups in total. The first kappa shape index (κ1) is 17.4. The van der Waals surface area contributed by atoms with Gasteiger partial charge in [0.2, 0.25) is 0 Å². The molecule has 3 aliphatic rings. The van der Waals surface area contributed by atoms with Crippen molar-refractivity contribution in [2.45, 2.75) is 12.8 Å². The third-order valence-electron chi connectivity index (χ3n) is 6.36. The lowest BCUT2D eigenvalue weighted by atomic mass is 9.93. The molecule has 0 aromatic heterocycles. The first-order valence-corrected chi connectivity index (χ1v) is 9.71. The van der Waals surface area contributed by atoms with Crippen molar-refractivity contribution in [1.29, 1.82) is 0 Å². The Labute approximate surface area is 155 Å². The number of nitrogens with one attached hydrogen (secondary N) is 1. The van der Waals surface area contributed by atoms with Gasteiger partial charge in [0.15, 0.2) is 11.5 Å². The van der Waals surface area contributed by atoms with Crippen molar-refractivity contribution in [3.8, 4) is 11.5 Å². The zero-order valence-electron chi connectivity index (χ0n) is 15.7. The van der Waals surface area contributed by atoms with Crippen molar-refractivity contribution in [3.63, 3.8) is 0 Å². The van der Waals surface area contributed by atoms with Crippen LogP contribution >= 0.6 is 0 Å². The largest absolute Gasteiger partial charge is 0.493 e. The van der Waals surface area contributed by atoms with Crippen LogP contribution in [0.4, 0.5) is 0 Å². The van der Waals surface area contributed by atoms with Crippen molar-refractivity contribution in [2.75, 3.05) is 46.9 Å². The van der Waals surface area contributed by atoms with Crippen LogP contribution in [0, 0.1) is 17.8 Å². The molecule has 2 bridgehead atoms. The second-order valence-electron chi connectivity index (χ2n) is 7.86. The van der Waals surface area contributed by atoms with Crippen molar-refractivity contribution in [1.82, 2.24) is 4.90 Å². The van der Waals surface area contributed by atoms with E-state index < -0.39 is 0 Å². The van der Waals surface area contributed by atoms with E-state index in [0.29, 0.717) is 17.1 Å². The van der Waals surface area contributed by atoms with Gasteiger partial charge in [0, 0.05) is 11.5 Å². The predicted molar refractivity (Wildman–Crippen MR) is 99.9 cm³/mol. The van der Waals surface area contributed by atoms with E-state index in [1.54, 1.807) is 31.3 Å². The number of nitrogens with zero attached hydrogens (tertiary/aromatic N) is 1. The molecule has 1 saturated heterocycles. The lowest BCUT2D eigenvalue weighted by Gasteiger charge is -2.34. The van der Waals surface area contributed by atoms with E-state index in [2.05, 4.69) is 12.2 Å².